The molecule has 0 aromatic heterocycles. The molecule has 4 rings (SSSR count). The Kier molecular flexibility index (Phi) is 9.16. The monoisotopic (exact) mass is 578 g/mol. The Morgan fingerprint density at radius 3 is 2.10 bits per heavy atom. The standard InChI is InChI=1S/C28H33F7N2O3/c1-3-37(38)11-9-36(10-12-37)17-20-8-13-39-26(25(20)19-4-6-24(29)7-5-19)40-18(2)21-14-22(27(30,31)32)16-23(15-21)28(33,34)35/h4-7,14-16,18,20,25-26H,3,8-13,17H2,1-2H3/t18-,20+,25+,26-/m1/s1. The highest BCUT2D eigenvalue weighted by Gasteiger charge is 2.41. The third-order valence-corrected chi connectivity index (χ3v) is 7.96. The number of hydrogen-bond donors (Lipinski definition) is 0. The maximum Gasteiger partial charge on any atom is 0.416 e. The summed E-state index contributed by atoms with van der Waals surface area (Å²) in [5, 5.41) is 12.6. The van der Waals surface area contributed by atoms with Crippen molar-refractivity contribution in [3.8, 4) is 0 Å². The van der Waals surface area contributed by atoms with Gasteiger partial charge in [0.2, 0.25) is 0 Å². The van der Waals surface area contributed by atoms with Crippen molar-refractivity contribution in [1.82, 2.24) is 4.90 Å². The molecular weight excluding hydrogens is 545 g/mol. The van der Waals surface area contributed by atoms with Crippen LogP contribution in [0.25, 0.3) is 0 Å². The topological polar surface area (TPSA) is 44.8 Å². The normalized spacial score (nSPS) is 25.1. The Balaban J connectivity index is 1.60. The molecule has 2 aliphatic heterocycles. The summed E-state index contributed by atoms with van der Waals surface area (Å²) in [4.78, 5) is 2.18. The minimum atomic E-state index is -4.98. The van der Waals surface area contributed by atoms with Crippen molar-refractivity contribution in [1.29, 1.82) is 0 Å². The zero-order valence-electron chi connectivity index (χ0n) is 22.3. The van der Waals surface area contributed by atoms with Crippen LogP contribution in [0.15, 0.2) is 42.5 Å². The van der Waals surface area contributed by atoms with Crippen LogP contribution < -0.4 is 0 Å². The smallest absolute Gasteiger partial charge is 0.416 e. The fourth-order valence-electron chi connectivity index (χ4n) is 5.48. The second-order valence-electron chi connectivity index (χ2n) is 10.6. The molecule has 0 saturated carbocycles. The third-order valence-electron chi connectivity index (χ3n) is 7.96. The van der Waals surface area contributed by atoms with Gasteiger partial charge in [-0.2, -0.15) is 26.3 Å². The summed E-state index contributed by atoms with van der Waals surface area (Å²) < 4.78 is 106. The molecule has 2 aromatic rings. The SMILES string of the molecule is CC[N+]1([O-])CCN(C[C@@H]2CCO[C@H](O[C@H](C)c3cc(C(F)(F)F)cc(C(F)(F)F)c3)[C@H]2c2ccc(F)cc2)CC1. The van der Waals surface area contributed by atoms with Crippen LogP contribution in [0.3, 0.4) is 0 Å². The van der Waals surface area contributed by atoms with E-state index in [0.717, 1.165) is 0 Å². The lowest BCUT2D eigenvalue weighted by Gasteiger charge is -2.49. The molecule has 0 unspecified atom stereocenters. The second kappa shape index (κ2) is 11.9. The van der Waals surface area contributed by atoms with Gasteiger partial charge in [0, 0.05) is 25.6 Å². The fraction of sp³-hybridized carbons (Fsp3) is 0.571. The first-order valence-corrected chi connectivity index (χ1v) is 13.3. The molecule has 5 nitrogen and oxygen atoms in total. The van der Waals surface area contributed by atoms with Gasteiger partial charge >= 0.3 is 12.4 Å². The summed E-state index contributed by atoms with van der Waals surface area (Å²) in [5.74, 6) is -0.993. The molecule has 0 aliphatic carbocycles. The summed E-state index contributed by atoms with van der Waals surface area (Å²) in [6.45, 7) is 6.68. The highest BCUT2D eigenvalue weighted by atomic mass is 19.4. The van der Waals surface area contributed by atoms with E-state index in [1.807, 2.05) is 6.92 Å². The first-order chi connectivity index (χ1) is 18.7. The molecule has 0 spiro atoms. The maximum absolute atomic E-state index is 13.7. The van der Waals surface area contributed by atoms with Crippen molar-refractivity contribution in [2.24, 2.45) is 5.92 Å². The third kappa shape index (κ3) is 7.33. The van der Waals surface area contributed by atoms with Gasteiger partial charge in [0.15, 0.2) is 6.29 Å². The first kappa shape index (κ1) is 30.7. The van der Waals surface area contributed by atoms with Gasteiger partial charge in [-0.25, -0.2) is 4.39 Å². The maximum atomic E-state index is 13.7. The number of hydroxylamine groups is 3. The fourth-order valence-corrected chi connectivity index (χ4v) is 5.48. The zero-order chi connectivity index (χ0) is 29.3. The van der Waals surface area contributed by atoms with Crippen LogP contribution in [0.1, 0.15) is 54.5 Å². The lowest BCUT2D eigenvalue weighted by atomic mass is 9.81. The van der Waals surface area contributed by atoms with E-state index >= 15 is 0 Å². The van der Waals surface area contributed by atoms with E-state index in [-0.39, 0.29) is 28.8 Å². The van der Waals surface area contributed by atoms with E-state index in [2.05, 4.69) is 4.90 Å². The number of likely N-dealkylation sites (N-methyl/N-ethyl adjacent to an activating group) is 1. The molecular formula is C28H33F7N2O3. The van der Waals surface area contributed by atoms with Crippen LogP contribution in [0.5, 0.6) is 0 Å². The van der Waals surface area contributed by atoms with Crippen LogP contribution >= 0.6 is 0 Å². The van der Waals surface area contributed by atoms with Crippen LogP contribution in [0, 0.1) is 16.9 Å². The molecule has 0 N–H and O–H groups in total. The summed E-state index contributed by atoms with van der Waals surface area (Å²) in [6, 6.07) is 7.13. The van der Waals surface area contributed by atoms with Gasteiger partial charge < -0.3 is 19.3 Å². The Labute approximate surface area is 228 Å². The Bertz CT molecular complexity index is 1100. The van der Waals surface area contributed by atoms with Crippen molar-refractivity contribution < 1.29 is 44.9 Å². The van der Waals surface area contributed by atoms with E-state index < -0.39 is 47.6 Å². The predicted molar refractivity (Wildman–Crippen MR) is 133 cm³/mol. The van der Waals surface area contributed by atoms with Gasteiger partial charge in [-0.3, -0.25) is 4.90 Å². The number of ether oxygens (including phenoxy) is 2. The number of benzene rings is 2. The van der Waals surface area contributed by atoms with Crippen LogP contribution in [-0.2, 0) is 21.8 Å². The number of halogens is 7. The lowest BCUT2D eigenvalue weighted by molar-refractivity contribution is -0.883. The molecule has 2 fully saturated rings. The van der Waals surface area contributed by atoms with Gasteiger partial charge in [0.25, 0.3) is 0 Å². The van der Waals surface area contributed by atoms with Gasteiger partial charge in [-0.1, -0.05) is 12.1 Å². The van der Waals surface area contributed by atoms with E-state index in [9.17, 15) is 35.9 Å². The number of piperazine rings is 1. The minimum absolute atomic E-state index is 0.0723. The number of hydrogen-bond acceptors (Lipinski definition) is 4. The number of nitrogens with zero attached hydrogens (tertiary/aromatic N) is 2. The zero-order valence-corrected chi connectivity index (χ0v) is 22.3. The summed E-state index contributed by atoms with van der Waals surface area (Å²) in [7, 11) is 0. The molecule has 2 heterocycles. The van der Waals surface area contributed by atoms with Crippen molar-refractivity contribution in [3.63, 3.8) is 0 Å². The van der Waals surface area contributed by atoms with E-state index in [1.54, 1.807) is 12.1 Å². The molecule has 0 bridgehead atoms. The molecule has 2 saturated heterocycles. The van der Waals surface area contributed by atoms with Gasteiger partial charge in [0.1, 0.15) is 5.82 Å². The average molecular weight is 579 g/mol. The van der Waals surface area contributed by atoms with E-state index in [4.69, 9.17) is 9.47 Å². The molecule has 2 aromatic carbocycles. The number of rotatable bonds is 7. The van der Waals surface area contributed by atoms with Gasteiger partial charge in [-0.05, 0) is 67.6 Å². The largest absolute Gasteiger partial charge is 0.633 e. The molecule has 0 amide bonds. The van der Waals surface area contributed by atoms with Crippen molar-refractivity contribution in [2.45, 2.75) is 50.9 Å². The number of alkyl halides is 6. The highest BCUT2D eigenvalue weighted by Crippen LogP contribution is 2.42. The van der Waals surface area contributed by atoms with Crippen molar-refractivity contribution in [2.75, 3.05) is 45.9 Å². The van der Waals surface area contributed by atoms with Gasteiger partial charge in [0.05, 0.1) is 43.5 Å². The minimum Gasteiger partial charge on any atom is -0.633 e. The predicted octanol–water partition coefficient (Wildman–Crippen LogP) is 6.74. The van der Waals surface area contributed by atoms with Crippen LogP contribution in [-0.4, -0.2) is 61.7 Å². The summed E-state index contributed by atoms with van der Waals surface area (Å²) in [6.07, 6.45) is -11.5. The van der Waals surface area contributed by atoms with Crippen molar-refractivity contribution >= 4 is 0 Å². The van der Waals surface area contributed by atoms with Crippen LogP contribution in [0.2, 0.25) is 0 Å². The number of quaternary nitrogens is 1. The lowest BCUT2D eigenvalue weighted by Crippen LogP contribution is -2.57. The molecule has 0 radical (unpaired) electrons. The Hall–Kier alpha value is -2.25. The molecule has 2 aliphatic rings. The molecule has 40 heavy (non-hydrogen) atoms. The van der Waals surface area contributed by atoms with Crippen molar-refractivity contribution in [3.05, 3.63) is 75.7 Å². The quantitative estimate of drug-likeness (QED) is 0.208. The highest BCUT2D eigenvalue weighted by molar-refractivity contribution is 5.35. The summed E-state index contributed by atoms with van der Waals surface area (Å²) >= 11 is 0. The Morgan fingerprint density at radius 2 is 1.57 bits per heavy atom. The summed E-state index contributed by atoms with van der Waals surface area (Å²) in [5.41, 5.74) is -2.45. The molecule has 222 valence electrons. The van der Waals surface area contributed by atoms with E-state index in [1.165, 1.54) is 19.1 Å². The van der Waals surface area contributed by atoms with Gasteiger partial charge in [-0.15, -0.1) is 0 Å². The average Bonchev–Trinajstić information content (AvgIpc) is 2.90. The molecule has 4 atom stereocenters. The Morgan fingerprint density at radius 1 is 1.00 bits per heavy atom. The van der Waals surface area contributed by atoms with Crippen LogP contribution in [0.4, 0.5) is 30.7 Å². The molecule has 12 heteroatoms. The first-order valence-electron chi connectivity index (χ1n) is 13.3. The van der Waals surface area contributed by atoms with E-state index in [0.29, 0.717) is 63.4 Å². The second-order valence-corrected chi connectivity index (χ2v) is 10.6.